The van der Waals surface area contributed by atoms with Crippen molar-refractivity contribution in [2.45, 2.75) is 25.2 Å². The Labute approximate surface area is 151 Å². The molecule has 1 heterocycles. The molecule has 0 bridgehead atoms. The molecular formula is C18H13ClF3NO3. The van der Waals surface area contributed by atoms with E-state index in [1.807, 2.05) is 0 Å². The van der Waals surface area contributed by atoms with Crippen LogP contribution in [0, 0.1) is 0 Å². The van der Waals surface area contributed by atoms with Crippen LogP contribution in [-0.2, 0) is 22.4 Å². The monoisotopic (exact) mass is 383 g/mol. The minimum Gasteiger partial charge on any atom is -0.487 e. The van der Waals surface area contributed by atoms with Crippen LogP contribution in [0.5, 0.6) is 5.75 Å². The maximum atomic E-state index is 12.6. The Bertz CT molecular complexity index is 867. The van der Waals surface area contributed by atoms with Gasteiger partial charge in [-0.15, -0.1) is 0 Å². The highest BCUT2D eigenvalue weighted by molar-refractivity contribution is 6.32. The molecule has 0 radical (unpaired) electrons. The zero-order chi connectivity index (χ0) is 18.9. The molecule has 1 N–H and O–H groups in total. The highest BCUT2D eigenvalue weighted by Crippen LogP contribution is 2.35. The lowest BCUT2D eigenvalue weighted by molar-refractivity contribution is -0.137. The number of benzene rings is 2. The standard InChI is InChI=1S/C18H13ClF3NO3/c19-13-7-12(18(20,21)22)4-5-15(13)26-9-10-2-1-3-11(6-10)17-14(24)8-16(25)23-17/h1-7,17H,8-9H2,(H,23,25). The van der Waals surface area contributed by atoms with E-state index < -0.39 is 17.8 Å². The van der Waals surface area contributed by atoms with Crippen molar-refractivity contribution >= 4 is 23.3 Å². The second-order valence-corrected chi connectivity index (χ2v) is 6.23. The fourth-order valence-electron chi connectivity index (χ4n) is 2.64. The minimum atomic E-state index is -4.48. The average molecular weight is 384 g/mol. The number of amides is 1. The van der Waals surface area contributed by atoms with Crippen LogP contribution in [0.2, 0.25) is 5.02 Å². The largest absolute Gasteiger partial charge is 0.487 e. The summed E-state index contributed by atoms with van der Waals surface area (Å²) in [6.07, 6.45) is -4.62. The molecule has 1 aliphatic heterocycles. The Morgan fingerprint density at radius 2 is 1.92 bits per heavy atom. The molecule has 1 aliphatic rings. The van der Waals surface area contributed by atoms with Crippen LogP contribution in [0.15, 0.2) is 42.5 Å². The van der Waals surface area contributed by atoms with E-state index in [4.69, 9.17) is 16.3 Å². The summed E-state index contributed by atoms with van der Waals surface area (Å²) >= 11 is 5.85. The SMILES string of the molecule is O=C1CC(=O)C(c2cccc(COc3ccc(C(F)(F)F)cc3Cl)c2)N1. The summed E-state index contributed by atoms with van der Waals surface area (Å²) in [5.74, 6) is -0.410. The van der Waals surface area contributed by atoms with E-state index in [0.717, 1.165) is 18.2 Å². The third-order valence-electron chi connectivity index (χ3n) is 3.90. The lowest BCUT2D eigenvalue weighted by Crippen LogP contribution is -2.20. The van der Waals surface area contributed by atoms with Gasteiger partial charge in [0, 0.05) is 0 Å². The van der Waals surface area contributed by atoms with Gasteiger partial charge in [-0.3, -0.25) is 9.59 Å². The van der Waals surface area contributed by atoms with Crippen molar-refractivity contribution in [2.75, 3.05) is 0 Å². The molecule has 1 unspecified atom stereocenters. The Balaban J connectivity index is 1.72. The Hall–Kier alpha value is -2.54. The summed E-state index contributed by atoms with van der Waals surface area (Å²) in [6.45, 7) is 0.0494. The highest BCUT2D eigenvalue weighted by atomic mass is 35.5. The zero-order valence-electron chi connectivity index (χ0n) is 13.3. The number of hydrogen-bond acceptors (Lipinski definition) is 3. The number of carbonyl (C=O) groups is 2. The summed E-state index contributed by atoms with van der Waals surface area (Å²) in [7, 11) is 0. The molecule has 1 amide bonds. The average Bonchev–Trinajstić information content (AvgIpc) is 2.91. The van der Waals surface area contributed by atoms with Crippen molar-refractivity contribution < 1.29 is 27.5 Å². The second kappa shape index (κ2) is 6.99. The Kier molecular flexibility index (Phi) is 4.91. The van der Waals surface area contributed by atoms with Crippen molar-refractivity contribution in [1.29, 1.82) is 0 Å². The number of ketones is 1. The molecule has 2 aromatic rings. The molecule has 0 aliphatic carbocycles. The fourth-order valence-corrected chi connectivity index (χ4v) is 2.87. The number of ether oxygens (including phenoxy) is 1. The van der Waals surface area contributed by atoms with Gasteiger partial charge in [-0.25, -0.2) is 0 Å². The van der Waals surface area contributed by atoms with E-state index >= 15 is 0 Å². The molecule has 4 nitrogen and oxygen atoms in total. The molecule has 1 saturated heterocycles. The van der Waals surface area contributed by atoms with E-state index in [0.29, 0.717) is 11.1 Å². The molecule has 1 atom stereocenters. The summed E-state index contributed by atoms with van der Waals surface area (Å²) in [5.41, 5.74) is 0.459. The summed E-state index contributed by atoms with van der Waals surface area (Å²) in [4.78, 5) is 23.1. The van der Waals surface area contributed by atoms with E-state index in [9.17, 15) is 22.8 Å². The van der Waals surface area contributed by atoms with Crippen LogP contribution in [0.1, 0.15) is 29.2 Å². The van der Waals surface area contributed by atoms with Gasteiger partial charge in [0.25, 0.3) is 0 Å². The quantitative estimate of drug-likeness (QED) is 0.810. The normalized spacial score (nSPS) is 17.3. The maximum absolute atomic E-state index is 12.6. The molecule has 0 spiro atoms. The van der Waals surface area contributed by atoms with Gasteiger partial charge in [0.1, 0.15) is 18.4 Å². The van der Waals surface area contributed by atoms with Crippen LogP contribution in [0.3, 0.4) is 0 Å². The molecule has 2 aromatic carbocycles. The Morgan fingerprint density at radius 1 is 1.15 bits per heavy atom. The number of alkyl halides is 3. The van der Waals surface area contributed by atoms with Crippen LogP contribution in [0.4, 0.5) is 13.2 Å². The highest BCUT2D eigenvalue weighted by Gasteiger charge is 2.32. The number of nitrogens with one attached hydrogen (secondary N) is 1. The van der Waals surface area contributed by atoms with Crippen molar-refractivity contribution in [3.8, 4) is 5.75 Å². The predicted octanol–water partition coefficient (Wildman–Crippen LogP) is 4.07. The smallest absolute Gasteiger partial charge is 0.416 e. The number of Topliss-reactive ketones (excluding diaryl/α,β-unsaturated/α-hetero) is 1. The van der Waals surface area contributed by atoms with Crippen LogP contribution in [-0.4, -0.2) is 11.7 Å². The van der Waals surface area contributed by atoms with E-state index in [-0.39, 0.29) is 35.5 Å². The van der Waals surface area contributed by atoms with Crippen molar-refractivity contribution in [1.82, 2.24) is 5.32 Å². The van der Waals surface area contributed by atoms with E-state index in [2.05, 4.69) is 5.32 Å². The number of rotatable bonds is 4. The van der Waals surface area contributed by atoms with Gasteiger partial charge >= 0.3 is 6.18 Å². The van der Waals surface area contributed by atoms with Crippen LogP contribution >= 0.6 is 11.6 Å². The zero-order valence-corrected chi connectivity index (χ0v) is 14.0. The number of hydrogen-bond donors (Lipinski definition) is 1. The van der Waals surface area contributed by atoms with Gasteiger partial charge in [-0.2, -0.15) is 13.2 Å². The topological polar surface area (TPSA) is 55.4 Å². The maximum Gasteiger partial charge on any atom is 0.416 e. The van der Waals surface area contributed by atoms with Gasteiger partial charge < -0.3 is 10.1 Å². The van der Waals surface area contributed by atoms with Crippen LogP contribution in [0.25, 0.3) is 0 Å². The lowest BCUT2D eigenvalue weighted by Gasteiger charge is -2.13. The predicted molar refractivity (Wildman–Crippen MR) is 87.7 cm³/mol. The van der Waals surface area contributed by atoms with Gasteiger partial charge in [-0.05, 0) is 35.4 Å². The van der Waals surface area contributed by atoms with Crippen molar-refractivity contribution in [2.24, 2.45) is 0 Å². The fraction of sp³-hybridized carbons (Fsp3) is 0.222. The second-order valence-electron chi connectivity index (χ2n) is 5.82. The first-order chi connectivity index (χ1) is 12.2. The Morgan fingerprint density at radius 3 is 2.54 bits per heavy atom. The van der Waals surface area contributed by atoms with Crippen molar-refractivity contribution in [3.63, 3.8) is 0 Å². The molecule has 136 valence electrons. The molecule has 8 heteroatoms. The van der Waals surface area contributed by atoms with Gasteiger partial charge in [0.2, 0.25) is 5.91 Å². The summed E-state index contributed by atoms with van der Waals surface area (Å²) < 4.78 is 43.4. The van der Waals surface area contributed by atoms with Crippen molar-refractivity contribution in [3.05, 3.63) is 64.2 Å². The molecule has 3 rings (SSSR count). The van der Waals surface area contributed by atoms with Gasteiger partial charge in [0.15, 0.2) is 5.78 Å². The third kappa shape index (κ3) is 3.99. The molecule has 0 aromatic heterocycles. The first-order valence-corrected chi connectivity index (χ1v) is 8.02. The van der Waals surface area contributed by atoms with E-state index in [1.165, 1.54) is 0 Å². The first kappa shape index (κ1) is 18.3. The summed E-state index contributed by atoms with van der Waals surface area (Å²) in [6, 6.07) is 9.04. The van der Waals surface area contributed by atoms with E-state index in [1.54, 1.807) is 24.3 Å². The van der Waals surface area contributed by atoms with Crippen LogP contribution < -0.4 is 10.1 Å². The third-order valence-corrected chi connectivity index (χ3v) is 4.20. The molecule has 1 fully saturated rings. The number of carbonyl (C=O) groups excluding carboxylic acids is 2. The molecular weight excluding hydrogens is 371 g/mol. The molecule has 0 saturated carbocycles. The first-order valence-electron chi connectivity index (χ1n) is 7.64. The minimum absolute atomic E-state index is 0.0494. The molecule has 26 heavy (non-hydrogen) atoms. The van der Waals surface area contributed by atoms with Gasteiger partial charge in [0.05, 0.1) is 17.0 Å². The van der Waals surface area contributed by atoms with Gasteiger partial charge in [-0.1, -0.05) is 29.8 Å². The number of halogens is 4. The summed E-state index contributed by atoms with van der Waals surface area (Å²) in [5, 5.41) is 2.45. The lowest BCUT2D eigenvalue weighted by atomic mass is 10.0.